The van der Waals surface area contributed by atoms with Crippen molar-refractivity contribution in [1.82, 2.24) is 0 Å². The normalized spacial score (nSPS) is 10.8. The molecule has 1 N–H and O–H groups in total. The molecule has 0 aromatic heterocycles. The number of benzene rings is 2. The fraction of sp³-hybridized carbons (Fsp3) is 0. The van der Waals surface area contributed by atoms with Crippen LogP contribution < -0.4 is 4.72 Å². The lowest BCUT2D eigenvalue weighted by atomic mass is 10.2. The highest BCUT2D eigenvalue weighted by Crippen LogP contribution is 2.18. The molecule has 2 rings (SSSR count). The number of halogens is 2. The number of anilines is 1. The zero-order valence-corrected chi connectivity index (χ0v) is 10.8. The zero-order valence-electron chi connectivity index (χ0n) is 9.97. The molecule has 2 aromatic carbocycles. The topological polar surface area (TPSA) is 70.0 Å². The molecule has 0 amide bonds. The van der Waals surface area contributed by atoms with Gasteiger partial charge in [0.2, 0.25) is 0 Å². The number of hydrogen-bond donors (Lipinski definition) is 1. The zero-order chi connectivity index (χ0) is 14.8. The van der Waals surface area contributed by atoms with Gasteiger partial charge in [-0.3, -0.25) is 4.72 Å². The molecule has 2 aromatic rings. The number of nitrogens with zero attached hydrogens (tertiary/aromatic N) is 1. The summed E-state index contributed by atoms with van der Waals surface area (Å²) < 4.78 is 52.1. The molecule has 0 radical (unpaired) electrons. The summed E-state index contributed by atoms with van der Waals surface area (Å²) in [6.45, 7) is 0. The van der Waals surface area contributed by atoms with Gasteiger partial charge in [-0.1, -0.05) is 0 Å². The van der Waals surface area contributed by atoms with Crippen LogP contribution >= 0.6 is 0 Å². The molecule has 7 heteroatoms. The molecule has 0 aliphatic rings. The molecule has 20 heavy (non-hydrogen) atoms. The summed E-state index contributed by atoms with van der Waals surface area (Å²) in [5.41, 5.74) is -0.207. The van der Waals surface area contributed by atoms with Gasteiger partial charge in [0.15, 0.2) is 0 Å². The molecule has 0 bridgehead atoms. The fourth-order valence-electron chi connectivity index (χ4n) is 1.49. The van der Waals surface area contributed by atoms with Crippen LogP contribution in [0.1, 0.15) is 5.56 Å². The maximum Gasteiger partial charge on any atom is 0.261 e. The van der Waals surface area contributed by atoms with Gasteiger partial charge >= 0.3 is 0 Å². The largest absolute Gasteiger partial charge is 0.280 e. The van der Waals surface area contributed by atoms with Crippen molar-refractivity contribution >= 4 is 15.7 Å². The Morgan fingerprint density at radius 2 is 1.70 bits per heavy atom. The van der Waals surface area contributed by atoms with E-state index in [-0.39, 0.29) is 16.1 Å². The third-order valence-corrected chi connectivity index (χ3v) is 3.84. The second kappa shape index (κ2) is 5.27. The Hall–Kier alpha value is -2.46. The first-order valence-corrected chi connectivity index (χ1v) is 6.89. The highest BCUT2D eigenvalue weighted by atomic mass is 32.2. The minimum atomic E-state index is -3.97. The third kappa shape index (κ3) is 2.92. The Kier molecular flexibility index (Phi) is 3.68. The summed E-state index contributed by atoms with van der Waals surface area (Å²) in [6.07, 6.45) is 0. The van der Waals surface area contributed by atoms with E-state index in [4.69, 9.17) is 5.26 Å². The first kappa shape index (κ1) is 14.0. The number of nitrogens with one attached hydrogen (secondary N) is 1. The third-order valence-electron chi connectivity index (χ3n) is 2.47. The van der Waals surface area contributed by atoms with Gasteiger partial charge in [0.1, 0.15) is 17.7 Å². The van der Waals surface area contributed by atoms with E-state index in [9.17, 15) is 17.2 Å². The smallest absolute Gasteiger partial charge is 0.261 e. The summed E-state index contributed by atoms with van der Waals surface area (Å²) >= 11 is 0. The first-order valence-electron chi connectivity index (χ1n) is 5.40. The Morgan fingerprint density at radius 1 is 1.05 bits per heavy atom. The summed E-state index contributed by atoms with van der Waals surface area (Å²) in [5, 5.41) is 8.68. The minimum Gasteiger partial charge on any atom is -0.280 e. The highest BCUT2D eigenvalue weighted by Gasteiger charge is 2.16. The van der Waals surface area contributed by atoms with Gasteiger partial charge in [-0.25, -0.2) is 17.2 Å². The number of nitriles is 1. The Balaban J connectivity index is 2.36. The predicted molar refractivity (Wildman–Crippen MR) is 68.3 cm³/mol. The maximum absolute atomic E-state index is 13.2. The van der Waals surface area contributed by atoms with Crippen LogP contribution in [0, 0.1) is 23.0 Å². The second-order valence-corrected chi connectivity index (χ2v) is 5.55. The summed E-state index contributed by atoms with van der Waals surface area (Å²) in [6, 6.07) is 9.14. The second-order valence-electron chi connectivity index (χ2n) is 3.87. The van der Waals surface area contributed by atoms with Crippen LogP contribution in [-0.4, -0.2) is 8.42 Å². The standard InChI is InChI=1S/C13H8F2N2O2S/c14-10-1-3-11(4-2-10)17-20(18,19)12-5-6-13(15)9(7-12)8-16/h1-7,17H. The quantitative estimate of drug-likeness (QED) is 0.946. The monoisotopic (exact) mass is 294 g/mol. The molecule has 102 valence electrons. The summed E-state index contributed by atoms with van der Waals surface area (Å²) in [4.78, 5) is -0.250. The van der Waals surface area contributed by atoms with Crippen LogP contribution in [0.2, 0.25) is 0 Å². The SMILES string of the molecule is N#Cc1cc(S(=O)(=O)Nc2ccc(F)cc2)ccc1F. The molecule has 0 saturated heterocycles. The van der Waals surface area contributed by atoms with Crippen molar-refractivity contribution in [3.05, 3.63) is 59.7 Å². The Labute approximate surface area is 114 Å². The molecule has 4 nitrogen and oxygen atoms in total. The molecule has 0 aliphatic heterocycles. The van der Waals surface area contributed by atoms with E-state index in [2.05, 4.69) is 4.72 Å². The van der Waals surface area contributed by atoms with Gasteiger partial charge < -0.3 is 0 Å². The van der Waals surface area contributed by atoms with Gasteiger partial charge in [-0.05, 0) is 42.5 Å². The first-order chi connectivity index (χ1) is 9.42. The van der Waals surface area contributed by atoms with E-state index in [1.807, 2.05) is 0 Å². The van der Waals surface area contributed by atoms with Crippen LogP contribution in [0.4, 0.5) is 14.5 Å². The Morgan fingerprint density at radius 3 is 2.30 bits per heavy atom. The molecular formula is C13H8F2N2O2S. The van der Waals surface area contributed by atoms with E-state index in [1.54, 1.807) is 6.07 Å². The van der Waals surface area contributed by atoms with Crippen molar-refractivity contribution in [3.8, 4) is 6.07 Å². The van der Waals surface area contributed by atoms with Crippen LogP contribution in [-0.2, 0) is 10.0 Å². The van der Waals surface area contributed by atoms with Crippen LogP contribution in [0.15, 0.2) is 47.4 Å². The Bertz CT molecular complexity index is 781. The van der Waals surface area contributed by atoms with Gasteiger partial charge in [-0.2, -0.15) is 5.26 Å². The van der Waals surface area contributed by atoms with Crippen molar-refractivity contribution < 1.29 is 17.2 Å². The molecule has 0 atom stereocenters. The van der Waals surface area contributed by atoms with Crippen LogP contribution in [0.25, 0.3) is 0 Å². The van der Waals surface area contributed by atoms with E-state index in [0.29, 0.717) is 0 Å². The van der Waals surface area contributed by atoms with E-state index in [0.717, 1.165) is 30.3 Å². The van der Waals surface area contributed by atoms with Gasteiger partial charge in [0.05, 0.1) is 10.5 Å². The van der Waals surface area contributed by atoms with Crippen molar-refractivity contribution in [2.24, 2.45) is 0 Å². The highest BCUT2D eigenvalue weighted by molar-refractivity contribution is 7.92. The van der Waals surface area contributed by atoms with Gasteiger partial charge in [0, 0.05) is 5.69 Å². The molecule has 0 aliphatic carbocycles. The lowest BCUT2D eigenvalue weighted by Crippen LogP contribution is -2.13. The lowest BCUT2D eigenvalue weighted by molar-refractivity contribution is 0.599. The van der Waals surface area contributed by atoms with E-state index in [1.165, 1.54) is 12.1 Å². The summed E-state index contributed by atoms with van der Waals surface area (Å²) in [5.74, 6) is -1.30. The van der Waals surface area contributed by atoms with Crippen molar-refractivity contribution in [3.63, 3.8) is 0 Å². The predicted octanol–water partition coefficient (Wildman–Crippen LogP) is 2.64. The molecule has 0 saturated carbocycles. The maximum atomic E-state index is 13.2. The summed E-state index contributed by atoms with van der Waals surface area (Å²) in [7, 11) is -3.97. The number of sulfonamides is 1. The molecule has 0 spiro atoms. The lowest BCUT2D eigenvalue weighted by Gasteiger charge is -2.08. The van der Waals surface area contributed by atoms with Crippen LogP contribution in [0.5, 0.6) is 0 Å². The molecule has 0 heterocycles. The molecule has 0 unspecified atom stereocenters. The average Bonchev–Trinajstić information content (AvgIpc) is 2.41. The molecule has 0 fully saturated rings. The fourth-order valence-corrected chi connectivity index (χ4v) is 2.57. The van der Waals surface area contributed by atoms with Crippen molar-refractivity contribution in [2.45, 2.75) is 4.90 Å². The number of rotatable bonds is 3. The van der Waals surface area contributed by atoms with Gasteiger partial charge in [-0.15, -0.1) is 0 Å². The molecular weight excluding hydrogens is 286 g/mol. The minimum absolute atomic E-state index is 0.161. The van der Waals surface area contributed by atoms with E-state index >= 15 is 0 Å². The number of hydrogen-bond acceptors (Lipinski definition) is 3. The van der Waals surface area contributed by atoms with E-state index < -0.39 is 21.7 Å². The van der Waals surface area contributed by atoms with Crippen molar-refractivity contribution in [1.29, 1.82) is 5.26 Å². The average molecular weight is 294 g/mol. The van der Waals surface area contributed by atoms with Crippen molar-refractivity contribution in [2.75, 3.05) is 4.72 Å². The van der Waals surface area contributed by atoms with Crippen LogP contribution in [0.3, 0.4) is 0 Å². The van der Waals surface area contributed by atoms with Gasteiger partial charge in [0.25, 0.3) is 10.0 Å².